The van der Waals surface area contributed by atoms with Gasteiger partial charge in [-0.1, -0.05) is 23.8 Å². The minimum absolute atomic E-state index is 0.0217. The van der Waals surface area contributed by atoms with E-state index in [1.54, 1.807) is 0 Å². The highest BCUT2D eigenvalue weighted by Crippen LogP contribution is 2.56. The van der Waals surface area contributed by atoms with Crippen molar-refractivity contribution in [2.75, 3.05) is 0 Å². The second-order valence-corrected chi connectivity index (χ2v) is 7.06. The summed E-state index contributed by atoms with van der Waals surface area (Å²) in [6, 6.07) is 0. The average molecular weight is 260 g/mol. The van der Waals surface area contributed by atoms with Crippen LogP contribution in [0.2, 0.25) is 0 Å². The molecule has 19 heavy (non-hydrogen) atoms. The van der Waals surface area contributed by atoms with Crippen LogP contribution in [0.5, 0.6) is 0 Å². The number of allylic oxidation sites excluding steroid dienone is 2. The number of fused-ring (bicyclic) bond motifs is 5. The van der Waals surface area contributed by atoms with E-state index in [2.05, 4.69) is 12.2 Å². The molecule has 4 rings (SSSR count). The van der Waals surface area contributed by atoms with Crippen LogP contribution in [0.25, 0.3) is 0 Å². The van der Waals surface area contributed by atoms with Crippen LogP contribution in [-0.4, -0.2) is 22.4 Å². The molecule has 4 aliphatic rings. The van der Waals surface area contributed by atoms with E-state index in [0.29, 0.717) is 11.8 Å². The molecule has 0 bridgehead atoms. The largest absolute Gasteiger partial charge is 0.393 e. The van der Waals surface area contributed by atoms with E-state index in [-0.39, 0.29) is 12.2 Å². The van der Waals surface area contributed by atoms with Crippen molar-refractivity contribution in [2.45, 2.75) is 50.7 Å². The summed E-state index contributed by atoms with van der Waals surface area (Å²) in [5, 5.41) is 19.9. The molecule has 0 aliphatic heterocycles. The summed E-state index contributed by atoms with van der Waals surface area (Å²) in [5.74, 6) is 3.54. The summed E-state index contributed by atoms with van der Waals surface area (Å²) >= 11 is 0. The van der Waals surface area contributed by atoms with Crippen LogP contribution in [0.3, 0.4) is 0 Å². The van der Waals surface area contributed by atoms with Crippen molar-refractivity contribution >= 4 is 0 Å². The van der Waals surface area contributed by atoms with Crippen LogP contribution in [0.15, 0.2) is 23.8 Å². The molecule has 0 aromatic heterocycles. The Hall–Kier alpha value is -0.600. The first-order valence-corrected chi connectivity index (χ1v) is 7.99. The highest BCUT2D eigenvalue weighted by molar-refractivity contribution is 5.27. The Kier molecular flexibility index (Phi) is 2.85. The molecule has 2 nitrogen and oxygen atoms in total. The van der Waals surface area contributed by atoms with Crippen LogP contribution in [0.1, 0.15) is 38.5 Å². The maximum absolute atomic E-state index is 10.1. The van der Waals surface area contributed by atoms with Gasteiger partial charge in [0.05, 0.1) is 12.2 Å². The Morgan fingerprint density at radius 3 is 2.42 bits per heavy atom. The van der Waals surface area contributed by atoms with E-state index < -0.39 is 0 Å². The van der Waals surface area contributed by atoms with Crippen molar-refractivity contribution in [1.29, 1.82) is 0 Å². The van der Waals surface area contributed by atoms with Crippen LogP contribution < -0.4 is 0 Å². The van der Waals surface area contributed by atoms with Crippen LogP contribution in [0, 0.1) is 29.6 Å². The summed E-state index contributed by atoms with van der Waals surface area (Å²) in [6.45, 7) is 0. The molecule has 0 amide bonds. The molecule has 0 aromatic carbocycles. The molecule has 4 aliphatic carbocycles. The highest BCUT2D eigenvalue weighted by Gasteiger charge is 2.49. The normalized spacial score (nSPS) is 52.1. The first-order valence-electron chi connectivity index (χ1n) is 7.99. The lowest BCUT2D eigenvalue weighted by Crippen LogP contribution is -2.41. The van der Waals surface area contributed by atoms with Gasteiger partial charge in [0.2, 0.25) is 0 Å². The molecule has 3 fully saturated rings. The Balaban J connectivity index is 1.60. The minimum atomic E-state index is -0.354. The molecule has 0 aromatic rings. The summed E-state index contributed by atoms with van der Waals surface area (Å²) in [4.78, 5) is 0. The molecular formula is C17H24O2. The Morgan fingerprint density at radius 2 is 1.53 bits per heavy atom. The number of aliphatic hydroxyl groups excluding tert-OH is 2. The fourth-order valence-corrected chi connectivity index (χ4v) is 5.55. The van der Waals surface area contributed by atoms with Crippen LogP contribution in [0.4, 0.5) is 0 Å². The van der Waals surface area contributed by atoms with E-state index in [1.165, 1.54) is 31.3 Å². The van der Waals surface area contributed by atoms with E-state index in [1.807, 2.05) is 6.08 Å². The van der Waals surface area contributed by atoms with E-state index >= 15 is 0 Å². The molecule has 0 radical (unpaired) electrons. The predicted octanol–water partition coefficient (Wildman–Crippen LogP) is 2.67. The van der Waals surface area contributed by atoms with Gasteiger partial charge in [0.25, 0.3) is 0 Å². The van der Waals surface area contributed by atoms with Crippen molar-refractivity contribution in [3.63, 3.8) is 0 Å². The summed E-state index contributed by atoms with van der Waals surface area (Å²) in [7, 11) is 0. The number of hydrogen-bond acceptors (Lipinski definition) is 2. The third-order valence-corrected chi connectivity index (χ3v) is 6.33. The van der Waals surface area contributed by atoms with Crippen molar-refractivity contribution in [3.8, 4) is 0 Å². The highest BCUT2D eigenvalue weighted by atomic mass is 16.3. The monoisotopic (exact) mass is 260 g/mol. The second kappa shape index (κ2) is 4.46. The van der Waals surface area contributed by atoms with Gasteiger partial charge in [0, 0.05) is 5.92 Å². The number of rotatable bonds is 0. The molecule has 3 saturated carbocycles. The standard InChI is InChI=1S/C17H24O2/c18-11-2-4-12-10(9-11)1-3-14-13(12)5-6-16-15(14)7-8-17(16)19/h2,4,9,11-19H,1,3,5-8H2. The van der Waals surface area contributed by atoms with Gasteiger partial charge in [-0.05, 0) is 62.2 Å². The molecule has 0 saturated heterocycles. The van der Waals surface area contributed by atoms with Crippen molar-refractivity contribution in [1.82, 2.24) is 0 Å². The fourth-order valence-electron chi connectivity index (χ4n) is 5.55. The third kappa shape index (κ3) is 1.84. The zero-order valence-electron chi connectivity index (χ0n) is 11.4. The van der Waals surface area contributed by atoms with Gasteiger partial charge in [-0.3, -0.25) is 0 Å². The second-order valence-electron chi connectivity index (χ2n) is 7.06. The molecule has 2 heteroatoms. The smallest absolute Gasteiger partial charge is 0.0905 e. The van der Waals surface area contributed by atoms with Crippen molar-refractivity contribution < 1.29 is 10.2 Å². The van der Waals surface area contributed by atoms with Crippen molar-refractivity contribution in [3.05, 3.63) is 23.8 Å². The first-order chi connectivity index (χ1) is 9.24. The Bertz CT molecular complexity index is 425. The van der Waals surface area contributed by atoms with Gasteiger partial charge in [0.15, 0.2) is 0 Å². The van der Waals surface area contributed by atoms with Gasteiger partial charge in [-0.15, -0.1) is 0 Å². The summed E-state index contributed by atoms with van der Waals surface area (Å²) in [6.07, 6.45) is 13.1. The SMILES string of the molecule is OC1C=CC2C(=C1)CCC1C2CCC2C(O)CCC21. The van der Waals surface area contributed by atoms with Gasteiger partial charge in [0.1, 0.15) is 0 Å². The van der Waals surface area contributed by atoms with E-state index in [4.69, 9.17) is 0 Å². The lowest BCUT2D eigenvalue weighted by atomic mass is 9.57. The zero-order valence-corrected chi connectivity index (χ0v) is 11.4. The molecule has 2 N–H and O–H groups in total. The van der Waals surface area contributed by atoms with Crippen molar-refractivity contribution in [2.24, 2.45) is 29.6 Å². The topological polar surface area (TPSA) is 40.5 Å². The maximum atomic E-state index is 10.1. The molecule has 7 unspecified atom stereocenters. The molecule has 104 valence electrons. The third-order valence-electron chi connectivity index (χ3n) is 6.33. The number of hydrogen-bond donors (Lipinski definition) is 2. The molecule has 7 atom stereocenters. The van der Waals surface area contributed by atoms with Gasteiger partial charge >= 0.3 is 0 Å². The minimum Gasteiger partial charge on any atom is -0.393 e. The maximum Gasteiger partial charge on any atom is 0.0905 e. The van der Waals surface area contributed by atoms with Gasteiger partial charge in [-0.25, -0.2) is 0 Å². The van der Waals surface area contributed by atoms with Crippen LogP contribution >= 0.6 is 0 Å². The van der Waals surface area contributed by atoms with Gasteiger partial charge in [-0.2, -0.15) is 0 Å². The summed E-state index contributed by atoms with van der Waals surface area (Å²) in [5.41, 5.74) is 1.48. The van der Waals surface area contributed by atoms with E-state index in [9.17, 15) is 10.2 Å². The zero-order chi connectivity index (χ0) is 13.0. The first kappa shape index (κ1) is 12.2. The Labute approximate surface area is 115 Å². The number of aliphatic hydroxyl groups is 2. The quantitative estimate of drug-likeness (QED) is 0.657. The van der Waals surface area contributed by atoms with Crippen LogP contribution in [-0.2, 0) is 0 Å². The lowest BCUT2D eigenvalue weighted by molar-refractivity contribution is 0.0210. The summed E-state index contributed by atoms with van der Waals surface area (Å²) < 4.78 is 0. The predicted molar refractivity (Wildman–Crippen MR) is 74.4 cm³/mol. The Morgan fingerprint density at radius 1 is 0.789 bits per heavy atom. The van der Waals surface area contributed by atoms with Gasteiger partial charge < -0.3 is 10.2 Å². The molecule has 0 heterocycles. The fraction of sp³-hybridized carbons (Fsp3) is 0.765. The average Bonchev–Trinajstić information content (AvgIpc) is 2.80. The lowest BCUT2D eigenvalue weighted by Gasteiger charge is -2.48. The van der Waals surface area contributed by atoms with E-state index in [0.717, 1.165) is 30.6 Å². The molecular weight excluding hydrogens is 236 g/mol. The molecule has 0 spiro atoms.